The SMILES string of the molecule is CCCCNC(=O)CN1CCN(CCN(C)Cc2ccccc2)CC1. The molecule has 5 nitrogen and oxygen atoms in total. The number of piperazine rings is 1. The first-order chi connectivity index (χ1) is 12.2. The van der Waals surface area contributed by atoms with Crippen LogP contribution in [0, 0.1) is 0 Å². The molecule has 1 aromatic rings. The van der Waals surface area contributed by atoms with E-state index in [1.165, 1.54) is 5.56 Å². The number of nitrogens with zero attached hydrogens (tertiary/aromatic N) is 3. The van der Waals surface area contributed by atoms with Crippen molar-refractivity contribution in [2.45, 2.75) is 26.3 Å². The van der Waals surface area contributed by atoms with E-state index >= 15 is 0 Å². The summed E-state index contributed by atoms with van der Waals surface area (Å²) < 4.78 is 0. The molecule has 25 heavy (non-hydrogen) atoms. The molecule has 0 saturated carbocycles. The molecule has 1 aromatic carbocycles. The average Bonchev–Trinajstić information content (AvgIpc) is 2.62. The van der Waals surface area contributed by atoms with E-state index in [1.54, 1.807) is 0 Å². The summed E-state index contributed by atoms with van der Waals surface area (Å²) in [5, 5.41) is 3.00. The van der Waals surface area contributed by atoms with E-state index < -0.39 is 0 Å². The summed E-state index contributed by atoms with van der Waals surface area (Å²) >= 11 is 0. The van der Waals surface area contributed by atoms with E-state index in [2.05, 4.69) is 64.3 Å². The Kier molecular flexibility index (Phi) is 8.94. The van der Waals surface area contributed by atoms with Gasteiger partial charge in [-0.3, -0.25) is 14.6 Å². The predicted octanol–water partition coefficient (Wildman–Crippen LogP) is 1.65. The van der Waals surface area contributed by atoms with Crippen molar-refractivity contribution in [3.63, 3.8) is 0 Å². The van der Waals surface area contributed by atoms with E-state index in [0.29, 0.717) is 6.54 Å². The summed E-state index contributed by atoms with van der Waals surface area (Å²) in [5.41, 5.74) is 1.36. The van der Waals surface area contributed by atoms with Crippen molar-refractivity contribution in [3.05, 3.63) is 35.9 Å². The van der Waals surface area contributed by atoms with E-state index in [4.69, 9.17) is 0 Å². The number of amides is 1. The van der Waals surface area contributed by atoms with Crippen LogP contribution in [0.25, 0.3) is 0 Å². The second-order valence-corrected chi connectivity index (χ2v) is 7.04. The Labute approximate surface area is 153 Å². The van der Waals surface area contributed by atoms with Gasteiger partial charge >= 0.3 is 0 Å². The third-order valence-electron chi connectivity index (χ3n) is 4.78. The summed E-state index contributed by atoms with van der Waals surface area (Å²) in [6.45, 7) is 10.8. The van der Waals surface area contributed by atoms with Crippen LogP contribution in [-0.2, 0) is 11.3 Å². The third-order valence-corrected chi connectivity index (χ3v) is 4.78. The lowest BCUT2D eigenvalue weighted by Gasteiger charge is -2.35. The number of benzene rings is 1. The summed E-state index contributed by atoms with van der Waals surface area (Å²) in [5.74, 6) is 0.171. The average molecular weight is 347 g/mol. The highest BCUT2D eigenvalue weighted by Crippen LogP contribution is 2.04. The first-order valence-electron chi connectivity index (χ1n) is 9.61. The maximum absolute atomic E-state index is 11.9. The molecule has 1 saturated heterocycles. The highest BCUT2D eigenvalue weighted by molar-refractivity contribution is 5.77. The van der Waals surface area contributed by atoms with Gasteiger partial charge in [0.2, 0.25) is 5.91 Å². The van der Waals surface area contributed by atoms with Crippen LogP contribution in [-0.4, -0.2) is 80.0 Å². The molecule has 0 aromatic heterocycles. The molecule has 0 spiro atoms. The highest BCUT2D eigenvalue weighted by Gasteiger charge is 2.18. The van der Waals surface area contributed by atoms with Crippen LogP contribution in [0.1, 0.15) is 25.3 Å². The maximum Gasteiger partial charge on any atom is 0.234 e. The van der Waals surface area contributed by atoms with Gasteiger partial charge in [0.1, 0.15) is 0 Å². The molecule has 2 rings (SSSR count). The Morgan fingerprint density at radius 2 is 1.80 bits per heavy atom. The number of hydrogen-bond acceptors (Lipinski definition) is 4. The summed E-state index contributed by atoms with van der Waals surface area (Å²) in [7, 11) is 2.18. The number of likely N-dealkylation sites (N-methyl/N-ethyl adjacent to an activating group) is 1. The molecule has 140 valence electrons. The number of carbonyl (C=O) groups excluding carboxylic acids is 1. The normalized spacial score (nSPS) is 16.3. The van der Waals surface area contributed by atoms with E-state index in [9.17, 15) is 4.79 Å². The van der Waals surface area contributed by atoms with E-state index in [0.717, 1.165) is 65.2 Å². The molecule has 1 aliphatic heterocycles. The minimum absolute atomic E-state index is 0.171. The Morgan fingerprint density at radius 1 is 1.12 bits per heavy atom. The fourth-order valence-electron chi connectivity index (χ4n) is 3.12. The van der Waals surface area contributed by atoms with Gasteiger partial charge in [-0.05, 0) is 19.0 Å². The zero-order chi connectivity index (χ0) is 17.9. The molecule has 0 radical (unpaired) electrons. The van der Waals surface area contributed by atoms with Gasteiger partial charge in [0.05, 0.1) is 6.54 Å². The van der Waals surface area contributed by atoms with Crippen molar-refractivity contribution >= 4 is 5.91 Å². The first-order valence-corrected chi connectivity index (χ1v) is 9.61. The minimum Gasteiger partial charge on any atom is -0.355 e. The molecular formula is C20H34N4O. The zero-order valence-corrected chi connectivity index (χ0v) is 15.9. The van der Waals surface area contributed by atoms with Crippen LogP contribution in [0.5, 0.6) is 0 Å². The van der Waals surface area contributed by atoms with Crippen LogP contribution in [0.3, 0.4) is 0 Å². The van der Waals surface area contributed by atoms with Crippen molar-refractivity contribution in [1.29, 1.82) is 0 Å². The Morgan fingerprint density at radius 3 is 2.48 bits per heavy atom. The second-order valence-electron chi connectivity index (χ2n) is 7.04. The lowest BCUT2D eigenvalue weighted by atomic mass is 10.2. The molecule has 0 unspecified atom stereocenters. The van der Waals surface area contributed by atoms with E-state index in [1.807, 2.05) is 0 Å². The molecule has 1 amide bonds. The van der Waals surface area contributed by atoms with Crippen LogP contribution in [0.15, 0.2) is 30.3 Å². The van der Waals surface area contributed by atoms with Crippen molar-refractivity contribution in [3.8, 4) is 0 Å². The van der Waals surface area contributed by atoms with Gasteiger partial charge in [-0.25, -0.2) is 0 Å². The van der Waals surface area contributed by atoms with Crippen LogP contribution >= 0.6 is 0 Å². The maximum atomic E-state index is 11.9. The van der Waals surface area contributed by atoms with Crippen molar-refractivity contribution < 1.29 is 4.79 Å². The van der Waals surface area contributed by atoms with Gasteiger partial charge in [0, 0.05) is 52.4 Å². The molecule has 1 fully saturated rings. The molecule has 1 heterocycles. The lowest BCUT2D eigenvalue weighted by Crippen LogP contribution is -2.50. The monoisotopic (exact) mass is 346 g/mol. The molecular weight excluding hydrogens is 312 g/mol. The largest absolute Gasteiger partial charge is 0.355 e. The van der Waals surface area contributed by atoms with Gasteiger partial charge in [0.15, 0.2) is 0 Å². The van der Waals surface area contributed by atoms with Crippen molar-refractivity contribution in [2.24, 2.45) is 0 Å². The molecule has 0 aliphatic carbocycles. The summed E-state index contributed by atoms with van der Waals surface area (Å²) in [6, 6.07) is 10.6. The van der Waals surface area contributed by atoms with Crippen molar-refractivity contribution in [2.75, 3.05) is 59.4 Å². The van der Waals surface area contributed by atoms with E-state index in [-0.39, 0.29) is 5.91 Å². The quantitative estimate of drug-likeness (QED) is 0.654. The van der Waals surface area contributed by atoms with Crippen molar-refractivity contribution in [1.82, 2.24) is 20.0 Å². The van der Waals surface area contributed by atoms with Gasteiger partial charge in [-0.2, -0.15) is 0 Å². The Bertz CT molecular complexity index is 486. The molecule has 1 N–H and O–H groups in total. The molecule has 5 heteroatoms. The summed E-state index contributed by atoms with van der Waals surface area (Å²) in [6.07, 6.45) is 2.19. The number of unbranched alkanes of at least 4 members (excludes halogenated alkanes) is 1. The zero-order valence-electron chi connectivity index (χ0n) is 15.9. The Balaban J connectivity index is 1.58. The lowest BCUT2D eigenvalue weighted by molar-refractivity contribution is -0.122. The Hall–Kier alpha value is -1.43. The standard InChI is InChI=1S/C20H34N4O/c1-3-4-10-21-20(25)18-24-15-13-23(14-16-24)12-11-22(2)17-19-8-6-5-7-9-19/h5-9H,3-4,10-18H2,1-2H3,(H,21,25). The number of hydrogen-bond donors (Lipinski definition) is 1. The van der Waals surface area contributed by atoms with Gasteiger partial charge in [0.25, 0.3) is 0 Å². The van der Waals surface area contributed by atoms with Crippen LogP contribution in [0.2, 0.25) is 0 Å². The molecule has 0 atom stereocenters. The number of nitrogens with one attached hydrogen (secondary N) is 1. The smallest absolute Gasteiger partial charge is 0.234 e. The molecule has 0 bridgehead atoms. The fraction of sp³-hybridized carbons (Fsp3) is 0.650. The second kappa shape index (κ2) is 11.2. The molecule has 1 aliphatic rings. The first kappa shape index (κ1) is 19.9. The summed E-state index contributed by atoms with van der Waals surface area (Å²) in [4.78, 5) is 19.0. The predicted molar refractivity (Wildman–Crippen MR) is 104 cm³/mol. The minimum atomic E-state index is 0.171. The topological polar surface area (TPSA) is 38.8 Å². The van der Waals surface area contributed by atoms with Crippen LogP contribution < -0.4 is 5.32 Å². The fourth-order valence-corrected chi connectivity index (χ4v) is 3.12. The van der Waals surface area contributed by atoms with Gasteiger partial charge in [-0.15, -0.1) is 0 Å². The van der Waals surface area contributed by atoms with Gasteiger partial charge < -0.3 is 10.2 Å². The number of rotatable bonds is 10. The van der Waals surface area contributed by atoms with Gasteiger partial charge in [-0.1, -0.05) is 43.7 Å². The third kappa shape index (κ3) is 7.99. The highest BCUT2D eigenvalue weighted by atomic mass is 16.2. The van der Waals surface area contributed by atoms with Crippen LogP contribution in [0.4, 0.5) is 0 Å². The number of carbonyl (C=O) groups is 1.